The van der Waals surface area contributed by atoms with Crippen LogP contribution in [0.3, 0.4) is 0 Å². The molecular weight excluding hydrogens is 294 g/mol. The van der Waals surface area contributed by atoms with Crippen molar-refractivity contribution in [3.63, 3.8) is 0 Å². The van der Waals surface area contributed by atoms with Gasteiger partial charge in [-0.25, -0.2) is 0 Å². The van der Waals surface area contributed by atoms with Crippen LogP contribution in [0.1, 0.15) is 41.9 Å². The smallest absolute Gasteiger partial charge is 0.118 e. The van der Waals surface area contributed by atoms with Crippen molar-refractivity contribution in [3.05, 3.63) is 65.2 Å². The van der Waals surface area contributed by atoms with E-state index in [2.05, 4.69) is 60.4 Å². The number of hydrogen-bond donors (Lipinski definition) is 0. The fourth-order valence-corrected chi connectivity index (χ4v) is 3.63. The van der Waals surface area contributed by atoms with E-state index in [0.29, 0.717) is 5.92 Å². The van der Waals surface area contributed by atoms with Crippen LogP contribution in [0.4, 0.5) is 0 Å². The lowest BCUT2D eigenvalue weighted by atomic mass is 9.89. The van der Waals surface area contributed by atoms with Gasteiger partial charge in [0.05, 0.1) is 7.11 Å². The van der Waals surface area contributed by atoms with Gasteiger partial charge >= 0.3 is 0 Å². The van der Waals surface area contributed by atoms with Gasteiger partial charge in [0, 0.05) is 0 Å². The Morgan fingerprint density at radius 3 is 2.25 bits per heavy atom. The first kappa shape index (κ1) is 17.0. The van der Waals surface area contributed by atoms with Crippen molar-refractivity contribution in [1.29, 1.82) is 0 Å². The number of benzene rings is 2. The molecule has 0 radical (unpaired) electrons. The van der Waals surface area contributed by atoms with E-state index in [-0.39, 0.29) is 0 Å². The lowest BCUT2D eigenvalue weighted by molar-refractivity contribution is 0.210. The van der Waals surface area contributed by atoms with Gasteiger partial charge in [0.1, 0.15) is 5.75 Å². The van der Waals surface area contributed by atoms with Crippen LogP contribution in [0.25, 0.3) is 0 Å². The molecule has 0 bridgehead atoms. The molecule has 0 amide bonds. The number of piperidine rings is 1. The molecule has 2 aromatic rings. The van der Waals surface area contributed by atoms with Gasteiger partial charge in [0.15, 0.2) is 0 Å². The maximum atomic E-state index is 5.25. The molecule has 1 saturated heterocycles. The summed E-state index contributed by atoms with van der Waals surface area (Å²) in [7, 11) is 1.73. The molecule has 24 heavy (non-hydrogen) atoms. The Morgan fingerprint density at radius 2 is 1.62 bits per heavy atom. The van der Waals surface area contributed by atoms with Crippen molar-refractivity contribution in [2.24, 2.45) is 0 Å². The third kappa shape index (κ3) is 4.61. The highest BCUT2D eigenvalue weighted by Gasteiger charge is 2.20. The topological polar surface area (TPSA) is 12.5 Å². The minimum atomic E-state index is 0.712. The van der Waals surface area contributed by atoms with Crippen molar-refractivity contribution < 1.29 is 4.74 Å². The second-order valence-electron chi connectivity index (χ2n) is 6.98. The molecule has 0 aliphatic carbocycles. The zero-order valence-corrected chi connectivity index (χ0v) is 15.0. The van der Waals surface area contributed by atoms with Crippen molar-refractivity contribution in [2.75, 3.05) is 26.7 Å². The second-order valence-corrected chi connectivity index (χ2v) is 6.98. The van der Waals surface area contributed by atoms with Crippen LogP contribution in [-0.4, -0.2) is 31.6 Å². The highest BCUT2D eigenvalue weighted by Crippen LogP contribution is 2.29. The monoisotopic (exact) mass is 323 g/mol. The third-order valence-electron chi connectivity index (χ3n) is 5.24. The second kappa shape index (κ2) is 8.34. The molecule has 3 rings (SSSR count). The predicted molar refractivity (Wildman–Crippen MR) is 101 cm³/mol. The summed E-state index contributed by atoms with van der Waals surface area (Å²) in [5.41, 5.74) is 4.28. The average Bonchev–Trinajstić information content (AvgIpc) is 2.64. The minimum Gasteiger partial charge on any atom is -0.497 e. The van der Waals surface area contributed by atoms with Gasteiger partial charge in [0.25, 0.3) is 0 Å². The summed E-state index contributed by atoms with van der Waals surface area (Å²) in [6.07, 6.45) is 5.00. The van der Waals surface area contributed by atoms with E-state index in [1.54, 1.807) is 7.11 Å². The minimum absolute atomic E-state index is 0.712. The highest BCUT2D eigenvalue weighted by atomic mass is 16.5. The standard InChI is InChI=1S/C22H29NO/c1-18-5-7-19(8-6-18)4-3-15-23-16-13-21(14-17-23)20-9-11-22(24-2)12-10-20/h5-12,21H,3-4,13-17H2,1-2H3. The Hall–Kier alpha value is -1.80. The summed E-state index contributed by atoms with van der Waals surface area (Å²) >= 11 is 0. The summed E-state index contributed by atoms with van der Waals surface area (Å²) in [5.74, 6) is 1.66. The molecule has 2 nitrogen and oxygen atoms in total. The molecular formula is C22H29NO. The summed E-state index contributed by atoms with van der Waals surface area (Å²) in [5, 5.41) is 0. The molecule has 0 spiro atoms. The van der Waals surface area contributed by atoms with Gasteiger partial charge in [0.2, 0.25) is 0 Å². The van der Waals surface area contributed by atoms with Gasteiger partial charge in [-0.15, -0.1) is 0 Å². The predicted octanol–water partition coefficient (Wildman–Crippen LogP) is 4.82. The first-order valence-corrected chi connectivity index (χ1v) is 9.16. The summed E-state index contributed by atoms with van der Waals surface area (Å²) < 4.78 is 5.25. The zero-order chi connectivity index (χ0) is 16.8. The molecule has 2 heteroatoms. The zero-order valence-electron chi connectivity index (χ0n) is 15.0. The van der Waals surface area contributed by atoms with Crippen LogP contribution in [-0.2, 0) is 6.42 Å². The van der Waals surface area contributed by atoms with Crippen LogP contribution in [0.15, 0.2) is 48.5 Å². The number of rotatable bonds is 6. The Labute approximate surface area is 146 Å². The molecule has 1 aliphatic rings. The van der Waals surface area contributed by atoms with Gasteiger partial charge in [-0.2, -0.15) is 0 Å². The van der Waals surface area contributed by atoms with Crippen molar-refractivity contribution in [3.8, 4) is 5.75 Å². The van der Waals surface area contributed by atoms with Crippen molar-refractivity contribution in [2.45, 2.75) is 38.5 Å². The Bertz CT molecular complexity index is 609. The van der Waals surface area contributed by atoms with Gasteiger partial charge in [-0.05, 0) is 81.4 Å². The largest absolute Gasteiger partial charge is 0.497 e. The molecule has 2 aromatic carbocycles. The lowest BCUT2D eigenvalue weighted by Gasteiger charge is -2.32. The number of likely N-dealkylation sites (tertiary alicyclic amines) is 1. The molecule has 0 saturated carbocycles. The molecule has 1 heterocycles. The van der Waals surface area contributed by atoms with Gasteiger partial charge in [-0.1, -0.05) is 42.0 Å². The Morgan fingerprint density at radius 1 is 0.958 bits per heavy atom. The first-order chi connectivity index (χ1) is 11.7. The van der Waals surface area contributed by atoms with Gasteiger partial charge in [-0.3, -0.25) is 0 Å². The molecule has 1 fully saturated rings. The molecule has 0 N–H and O–H groups in total. The van der Waals surface area contributed by atoms with Crippen LogP contribution < -0.4 is 4.74 Å². The average molecular weight is 323 g/mol. The molecule has 0 atom stereocenters. The van der Waals surface area contributed by atoms with Crippen LogP contribution >= 0.6 is 0 Å². The normalized spacial score (nSPS) is 16.2. The van der Waals surface area contributed by atoms with E-state index in [1.807, 2.05) is 0 Å². The van der Waals surface area contributed by atoms with Crippen LogP contribution in [0.5, 0.6) is 5.75 Å². The molecule has 128 valence electrons. The first-order valence-electron chi connectivity index (χ1n) is 9.16. The van der Waals surface area contributed by atoms with Gasteiger partial charge < -0.3 is 9.64 Å². The molecule has 0 aromatic heterocycles. The van der Waals surface area contributed by atoms with Crippen LogP contribution in [0, 0.1) is 6.92 Å². The van der Waals surface area contributed by atoms with Crippen molar-refractivity contribution in [1.82, 2.24) is 4.90 Å². The van der Waals surface area contributed by atoms with E-state index >= 15 is 0 Å². The number of aryl methyl sites for hydroxylation is 2. The van der Waals surface area contributed by atoms with E-state index in [0.717, 1.165) is 5.75 Å². The summed E-state index contributed by atoms with van der Waals surface area (Å²) in [6, 6.07) is 17.6. The maximum absolute atomic E-state index is 5.25. The maximum Gasteiger partial charge on any atom is 0.118 e. The van der Waals surface area contributed by atoms with E-state index in [1.165, 1.54) is 62.0 Å². The number of nitrogens with zero attached hydrogens (tertiary/aromatic N) is 1. The van der Waals surface area contributed by atoms with Crippen molar-refractivity contribution >= 4 is 0 Å². The van der Waals surface area contributed by atoms with Crippen LogP contribution in [0.2, 0.25) is 0 Å². The summed E-state index contributed by atoms with van der Waals surface area (Å²) in [6.45, 7) is 5.83. The van der Waals surface area contributed by atoms with E-state index in [4.69, 9.17) is 4.74 Å². The third-order valence-corrected chi connectivity index (χ3v) is 5.24. The fraction of sp³-hybridized carbons (Fsp3) is 0.455. The summed E-state index contributed by atoms with van der Waals surface area (Å²) in [4.78, 5) is 2.63. The molecule has 1 aliphatic heterocycles. The van der Waals surface area contributed by atoms with E-state index < -0.39 is 0 Å². The fourth-order valence-electron chi connectivity index (χ4n) is 3.63. The number of hydrogen-bond acceptors (Lipinski definition) is 2. The van der Waals surface area contributed by atoms with E-state index in [9.17, 15) is 0 Å². The molecule has 0 unspecified atom stereocenters. The Balaban J connectivity index is 1.40. The Kier molecular flexibility index (Phi) is 5.92. The number of ether oxygens (including phenoxy) is 1. The SMILES string of the molecule is COc1ccc(C2CCN(CCCc3ccc(C)cc3)CC2)cc1. The lowest BCUT2D eigenvalue weighted by Crippen LogP contribution is -2.33. The number of methoxy groups -OCH3 is 1. The quantitative estimate of drug-likeness (QED) is 0.756. The highest BCUT2D eigenvalue weighted by molar-refractivity contribution is 5.29.